The van der Waals surface area contributed by atoms with Crippen LogP contribution in [0.2, 0.25) is 0 Å². The van der Waals surface area contributed by atoms with Crippen molar-refractivity contribution < 1.29 is 8.42 Å². The van der Waals surface area contributed by atoms with Gasteiger partial charge in [-0.2, -0.15) is 5.10 Å². The van der Waals surface area contributed by atoms with Gasteiger partial charge in [0.25, 0.3) is 0 Å². The second-order valence-corrected chi connectivity index (χ2v) is 9.69. The normalized spacial score (nSPS) is 20.3. The zero-order valence-electron chi connectivity index (χ0n) is 15.9. The molecule has 0 spiro atoms. The Balaban J connectivity index is 1.58. The average Bonchev–Trinajstić information content (AvgIpc) is 3.11. The largest absolute Gasteiger partial charge is 0.310 e. The van der Waals surface area contributed by atoms with E-state index in [2.05, 4.69) is 48.5 Å². The molecule has 2 atom stereocenters. The van der Waals surface area contributed by atoms with Gasteiger partial charge in [-0.15, -0.1) is 0 Å². The Bertz CT molecular complexity index is 843. The lowest BCUT2D eigenvalue weighted by Crippen LogP contribution is -2.26. The lowest BCUT2D eigenvalue weighted by molar-refractivity contribution is 0.483. The Morgan fingerprint density at radius 1 is 1.27 bits per heavy atom. The molecule has 6 heteroatoms. The molecular formula is C20H29N3O2S. The molecule has 0 bridgehead atoms. The molecule has 1 aromatic carbocycles. The minimum atomic E-state index is -2.90. The van der Waals surface area contributed by atoms with Crippen LogP contribution in [0.5, 0.6) is 0 Å². The molecule has 2 heterocycles. The molecule has 142 valence electrons. The van der Waals surface area contributed by atoms with E-state index < -0.39 is 9.84 Å². The van der Waals surface area contributed by atoms with Crippen LogP contribution in [0.25, 0.3) is 0 Å². The van der Waals surface area contributed by atoms with E-state index >= 15 is 0 Å². The predicted octanol–water partition coefficient (Wildman–Crippen LogP) is 2.97. The molecule has 2 aromatic rings. The van der Waals surface area contributed by atoms with Crippen molar-refractivity contribution in [3.63, 3.8) is 0 Å². The van der Waals surface area contributed by atoms with Crippen molar-refractivity contribution in [1.82, 2.24) is 15.1 Å². The highest BCUT2D eigenvalue weighted by Crippen LogP contribution is 2.26. The molecule has 0 saturated carbocycles. The molecular weight excluding hydrogens is 346 g/mol. The van der Waals surface area contributed by atoms with E-state index in [4.69, 9.17) is 0 Å². The number of nitrogens with zero attached hydrogens (tertiary/aromatic N) is 2. The van der Waals surface area contributed by atoms with E-state index in [1.165, 1.54) is 11.1 Å². The van der Waals surface area contributed by atoms with Crippen molar-refractivity contribution in [2.75, 3.05) is 11.5 Å². The Hall–Kier alpha value is -1.66. The highest BCUT2D eigenvalue weighted by atomic mass is 32.2. The van der Waals surface area contributed by atoms with Crippen molar-refractivity contribution >= 4 is 9.84 Å². The van der Waals surface area contributed by atoms with Gasteiger partial charge < -0.3 is 5.32 Å². The number of nitrogens with one attached hydrogen (secondary N) is 1. The number of rotatable bonds is 7. The molecule has 3 rings (SSSR count). The zero-order chi connectivity index (χ0) is 18.7. The fourth-order valence-electron chi connectivity index (χ4n) is 3.68. The van der Waals surface area contributed by atoms with Crippen LogP contribution in [-0.2, 0) is 22.8 Å². The van der Waals surface area contributed by atoms with Crippen molar-refractivity contribution in [2.24, 2.45) is 0 Å². The van der Waals surface area contributed by atoms with Crippen LogP contribution in [0.15, 0.2) is 30.3 Å². The SMILES string of the molecule is Cc1nn([C@H]2CCS(=O)(=O)C2)c(C)c1CN[C@@H](C)CCc1ccccc1. The topological polar surface area (TPSA) is 64.0 Å². The van der Waals surface area contributed by atoms with Crippen molar-refractivity contribution in [3.8, 4) is 0 Å². The van der Waals surface area contributed by atoms with E-state index in [-0.39, 0.29) is 17.5 Å². The monoisotopic (exact) mass is 375 g/mol. The Labute approximate surface area is 156 Å². The molecule has 0 amide bonds. The summed E-state index contributed by atoms with van der Waals surface area (Å²) in [5, 5.41) is 8.24. The van der Waals surface area contributed by atoms with Gasteiger partial charge in [0.2, 0.25) is 0 Å². The number of hydrogen-bond donors (Lipinski definition) is 1. The summed E-state index contributed by atoms with van der Waals surface area (Å²) in [6, 6.07) is 10.9. The second kappa shape index (κ2) is 7.92. The lowest BCUT2D eigenvalue weighted by atomic mass is 10.1. The summed E-state index contributed by atoms with van der Waals surface area (Å²) >= 11 is 0. The third kappa shape index (κ3) is 4.54. The van der Waals surface area contributed by atoms with Gasteiger partial charge in [0.05, 0.1) is 23.2 Å². The molecule has 1 aromatic heterocycles. The van der Waals surface area contributed by atoms with Gasteiger partial charge in [-0.25, -0.2) is 8.42 Å². The summed E-state index contributed by atoms with van der Waals surface area (Å²) in [7, 11) is -2.90. The number of sulfone groups is 1. The summed E-state index contributed by atoms with van der Waals surface area (Å²) in [4.78, 5) is 0. The first-order valence-corrected chi connectivity index (χ1v) is 11.2. The van der Waals surface area contributed by atoms with Gasteiger partial charge in [0.1, 0.15) is 0 Å². The van der Waals surface area contributed by atoms with Crippen LogP contribution in [0.1, 0.15) is 48.3 Å². The average molecular weight is 376 g/mol. The highest BCUT2D eigenvalue weighted by molar-refractivity contribution is 7.91. The molecule has 1 N–H and O–H groups in total. The standard InChI is InChI=1S/C20H29N3O2S/c1-15(9-10-18-7-5-4-6-8-18)21-13-20-16(2)22-23(17(20)3)19-11-12-26(24,25)14-19/h4-8,15,19,21H,9-14H2,1-3H3/t15-,19-/m0/s1. The smallest absolute Gasteiger partial charge is 0.152 e. The fraction of sp³-hybridized carbons (Fsp3) is 0.550. The highest BCUT2D eigenvalue weighted by Gasteiger charge is 2.31. The minimum Gasteiger partial charge on any atom is -0.310 e. The van der Waals surface area contributed by atoms with Gasteiger partial charge in [0, 0.05) is 23.8 Å². The van der Waals surface area contributed by atoms with Gasteiger partial charge in [-0.05, 0) is 45.6 Å². The maximum absolute atomic E-state index is 11.8. The van der Waals surface area contributed by atoms with Gasteiger partial charge >= 0.3 is 0 Å². The number of benzene rings is 1. The van der Waals surface area contributed by atoms with E-state index in [0.29, 0.717) is 12.5 Å². The van der Waals surface area contributed by atoms with Gasteiger partial charge in [-0.1, -0.05) is 30.3 Å². The number of hydrogen-bond acceptors (Lipinski definition) is 4. The quantitative estimate of drug-likeness (QED) is 0.808. The first kappa shape index (κ1) is 19.1. The lowest BCUT2D eigenvalue weighted by Gasteiger charge is -2.15. The molecule has 5 nitrogen and oxygen atoms in total. The van der Waals surface area contributed by atoms with Crippen LogP contribution in [0.3, 0.4) is 0 Å². The number of aryl methyl sites for hydroxylation is 2. The van der Waals surface area contributed by atoms with Crippen LogP contribution in [0.4, 0.5) is 0 Å². The third-order valence-electron chi connectivity index (χ3n) is 5.37. The summed E-state index contributed by atoms with van der Waals surface area (Å²) in [5.41, 5.74) is 4.64. The molecule has 0 radical (unpaired) electrons. The van der Waals surface area contributed by atoms with Crippen molar-refractivity contribution in [3.05, 3.63) is 52.8 Å². The summed E-state index contributed by atoms with van der Waals surface area (Å²) in [6.07, 6.45) is 2.81. The predicted molar refractivity (Wildman–Crippen MR) is 105 cm³/mol. The van der Waals surface area contributed by atoms with E-state index in [0.717, 1.165) is 30.8 Å². The fourth-order valence-corrected chi connectivity index (χ4v) is 5.37. The number of aromatic nitrogens is 2. The Morgan fingerprint density at radius 3 is 2.65 bits per heavy atom. The molecule has 0 unspecified atom stereocenters. The summed E-state index contributed by atoms with van der Waals surface area (Å²) in [5.74, 6) is 0.495. The Morgan fingerprint density at radius 2 is 2.00 bits per heavy atom. The third-order valence-corrected chi connectivity index (χ3v) is 7.12. The molecule has 1 aliphatic heterocycles. The minimum absolute atomic E-state index is 0.0112. The van der Waals surface area contributed by atoms with E-state index in [1.54, 1.807) is 0 Å². The molecule has 1 fully saturated rings. The molecule has 1 saturated heterocycles. The maximum Gasteiger partial charge on any atom is 0.152 e. The second-order valence-electron chi connectivity index (χ2n) is 7.46. The zero-order valence-corrected chi connectivity index (χ0v) is 16.7. The van der Waals surface area contributed by atoms with Gasteiger partial charge in [-0.3, -0.25) is 4.68 Å². The van der Waals surface area contributed by atoms with E-state index in [1.807, 2.05) is 17.7 Å². The van der Waals surface area contributed by atoms with Crippen LogP contribution >= 0.6 is 0 Å². The van der Waals surface area contributed by atoms with E-state index in [9.17, 15) is 8.42 Å². The van der Waals surface area contributed by atoms with Crippen LogP contribution < -0.4 is 5.32 Å². The summed E-state index contributed by atoms with van der Waals surface area (Å²) in [6.45, 7) is 7.05. The van der Waals surface area contributed by atoms with Crippen molar-refractivity contribution in [1.29, 1.82) is 0 Å². The van der Waals surface area contributed by atoms with Crippen LogP contribution in [0, 0.1) is 13.8 Å². The van der Waals surface area contributed by atoms with Crippen molar-refractivity contribution in [2.45, 2.75) is 58.7 Å². The molecule has 1 aliphatic rings. The first-order valence-electron chi connectivity index (χ1n) is 9.38. The molecule has 26 heavy (non-hydrogen) atoms. The molecule has 0 aliphatic carbocycles. The maximum atomic E-state index is 11.8. The summed E-state index contributed by atoms with van der Waals surface area (Å²) < 4.78 is 25.5. The van der Waals surface area contributed by atoms with Gasteiger partial charge in [0.15, 0.2) is 9.84 Å². The first-order chi connectivity index (χ1) is 12.4. The van der Waals surface area contributed by atoms with Crippen LogP contribution in [-0.4, -0.2) is 35.7 Å². The Kier molecular flexibility index (Phi) is 5.82.